The van der Waals surface area contributed by atoms with Crippen LogP contribution in [-0.2, 0) is 4.79 Å². The molecule has 0 bridgehead atoms. The molecule has 1 saturated heterocycles. The van der Waals surface area contributed by atoms with Crippen LogP contribution in [0.3, 0.4) is 0 Å². The van der Waals surface area contributed by atoms with Crippen LogP contribution < -0.4 is 4.74 Å². The Labute approximate surface area is 144 Å². The second-order valence-corrected chi connectivity index (χ2v) is 7.01. The fraction of sp³-hybridized carbons (Fsp3) is 0.556. The number of benzene rings is 1. The molecule has 3 rings (SSSR count). The number of amides is 1. The second-order valence-electron chi connectivity index (χ2n) is 7.01. The molecule has 1 aliphatic carbocycles. The molecule has 1 saturated carbocycles. The van der Waals surface area contributed by atoms with Crippen molar-refractivity contribution >= 4 is 11.9 Å². The Morgan fingerprint density at radius 3 is 2.64 bits per heavy atom. The number of nitrogens with zero attached hydrogens (tertiary/aromatic N) is 1. The van der Waals surface area contributed by atoms with Crippen LogP contribution in [0.25, 0.3) is 0 Å². The Morgan fingerprint density at radius 1 is 1.32 bits per heavy atom. The number of aliphatic carboxylic acids is 1. The molecule has 1 aromatic carbocycles. The van der Waals surface area contributed by atoms with E-state index in [1.54, 1.807) is 0 Å². The van der Waals surface area contributed by atoms with Gasteiger partial charge in [0.25, 0.3) is 5.91 Å². The smallest absolute Gasteiger partial charge is 0.311 e. The standard InChI is InChI=1S/C18H21F2NO4/c1-25-13-6-5-12(14(19)15(13)20)16(22)21-8-2-7-18(10-21,17(23)24)9-11-3-4-11/h5-6,11H,2-4,7-10H2,1H3,(H,23,24)/t18-/m0/s1. The monoisotopic (exact) mass is 353 g/mol. The summed E-state index contributed by atoms with van der Waals surface area (Å²) in [6.45, 7) is 0.371. The van der Waals surface area contributed by atoms with Crippen LogP contribution in [0, 0.1) is 23.0 Å². The largest absolute Gasteiger partial charge is 0.494 e. The van der Waals surface area contributed by atoms with Gasteiger partial charge in [-0.25, -0.2) is 4.39 Å². The van der Waals surface area contributed by atoms with Crippen LogP contribution in [0.2, 0.25) is 0 Å². The van der Waals surface area contributed by atoms with E-state index < -0.39 is 34.5 Å². The SMILES string of the molecule is COc1ccc(C(=O)N2CCC[C@@](CC3CC3)(C(=O)O)C2)c(F)c1F. The summed E-state index contributed by atoms with van der Waals surface area (Å²) in [5, 5.41) is 9.71. The molecule has 2 fully saturated rings. The van der Waals surface area contributed by atoms with E-state index in [0.29, 0.717) is 31.7 Å². The van der Waals surface area contributed by atoms with E-state index in [9.17, 15) is 23.5 Å². The van der Waals surface area contributed by atoms with Gasteiger partial charge < -0.3 is 14.7 Å². The van der Waals surface area contributed by atoms with Gasteiger partial charge in [-0.05, 0) is 37.3 Å². The minimum absolute atomic E-state index is 0.0325. The highest BCUT2D eigenvalue weighted by atomic mass is 19.2. The van der Waals surface area contributed by atoms with Gasteiger partial charge in [0.05, 0.1) is 18.1 Å². The predicted molar refractivity (Wildman–Crippen MR) is 85.5 cm³/mol. The molecule has 136 valence electrons. The van der Waals surface area contributed by atoms with Crippen molar-refractivity contribution in [3.05, 3.63) is 29.3 Å². The Morgan fingerprint density at radius 2 is 2.04 bits per heavy atom. The molecule has 0 unspecified atom stereocenters. The van der Waals surface area contributed by atoms with Crippen LogP contribution in [0.1, 0.15) is 42.5 Å². The first-order valence-electron chi connectivity index (χ1n) is 8.42. The molecule has 1 aromatic rings. The number of piperidine rings is 1. The number of hydrogen-bond acceptors (Lipinski definition) is 3. The average molecular weight is 353 g/mol. The van der Waals surface area contributed by atoms with Crippen molar-refractivity contribution < 1.29 is 28.2 Å². The van der Waals surface area contributed by atoms with E-state index in [1.165, 1.54) is 24.1 Å². The summed E-state index contributed by atoms with van der Waals surface area (Å²) in [7, 11) is 1.21. The molecule has 25 heavy (non-hydrogen) atoms. The molecule has 1 aliphatic heterocycles. The Hall–Kier alpha value is -2.18. The van der Waals surface area contributed by atoms with Crippen molar-refractivity contribution in [1.29, 1.82) is 0 Å². The summed E-state index contributed by atoms with van der Waals surface area (Å²) in [6.07, 6.45) is 3.60. The Kier molecular flexibility index (Phi) is 4.67. The van der Waals surface area contributed by atoms with E-state index in [2.05, 4.69) is 0 Å². The number of carbonyl (C=O) groups is 2. The first-order valence-corrected chi connectivity index (χ1v) is 8.42. The van der Waals surface area contributed by atoms with E-state index in [4.69, 9.17) is 4.74 Å². The Bertz CT molecular complexity index is 705. The van der Waals surface area contributed by atoms with Gasteiger partial charge in [0, 0.05) is 13.1 Å². The number of rotatable bonds is 5. The van der Waals surface area contributed by atoms with Crippen LogP contribution >= 0.6 is 0 Å². The summed E-state index contributed by atoms with van der Waals surface area (Å²) < 4.78 is 32.8. The summed E-state index contributed by atoms with van der Waals surface area (Å²) in [4.78, 5) is 25.9. The Balaban J connectivity index is 1.84. The number of likely N-dealkylation sites (tertiary alicyclic amines) is 1. The van der Waals surface area contributed by atoms with Crippen LogP contribution in [0.15, 0.2) is 12.1 Å². The lowest BCUT2D eigenvalue weighted by atomic mass is 9.75. The number of halogens is 2. The number of carboxylic acid groups (broad SMARTS) is 1. The second kappa shape index (κ2) is 6.61. The maximum atomic E-state index is 14.2. The van der Waals surface area contributed by atoms with Gasteiger partial charge in [0.2, 0.25) is 5.82 Å². The summed E-state index contributed by atoms with van der Waals surface area (Å²) in [5.74, 6) is -3.97. The number of hydrogen-bond donors (Lipinski definition) is 1. The summed E-state index contributed by atoms with van der Waals surface area (Å²) >= 11 is 0. The topological polar surface area (TPSA) is 66.8 Å². The van der Waals surface area contributed by atoms with Gasteiger partial charge in [0.15, 0.2) is 11.6 Å². The highest BCUT2D eigenvalue weighted by Gasteiger charge is 2.47. The van der Waals surface area contributed by atoms with Crippen molar-refractivity contribution in [2.24, 2.45) is 11.3 Å². The number of ether oxygens (including phenoxy) is 1. The van der Waals surface area contributed by atoms with E-state index in [1.807, 2.05) is 0 Å². The molecule has 1 amide bonds. The number of methoxy groups -OCH3 is 1. The zero-order valence-corrected chi connectivity index (χ0v) is 14.1. The molecule has 1 N–H and O–H groups in total. The lowest BCUT2D eigenvalue weighted by Gasteiger charge is -2.40. The average Bonchev–Trinajstić information content (AvgIpc) is 3.40. The quantitative estimate of drug-likeness (QED) is 0.883. The highest BCUT2D eigenvalue weighted by molar-refractivity contribution is 5.95. The van der Waals surface area contributed by atoms with Crippen molar-refractivity contribution in [3.63, 3.8) is 0 Å². The molecule has 1 atom stereocenters. The highest BCUT2D eigenvalue weighted by Crippen LogP contribution is 2.45. The predicted octanol–water partition coefficient (Wildman–Crippen LogP) is 3.08. The van der Waals surface area contributed by atoms with Crippen molar-refractivity contribution in [2.75, 3.05) is 20.2 Å². The zero-order valence-electron chi connectivity index (χ0n) is 14.1. The molecule has 7 heteroatoms. The molecular formula is C18H21F2NO4. The molecule has 2 aliphatic rings. The summed E-state index contributed by atoms with van der Waals surface area (Å²) in [5.41, 5.74) is -1.39. The maximum Gasteiger partial charge on any atom is 0.311 e. The fourth-order valence-electron chi connectivity index (χ4n) is 3.63. The molecule has 1 heterocycles. The van der Waals surface area contributed by atoms with Crippen molar-refractivity contribution in [1.82, 2.24) is 4.90 Å². The first kappa shape index (κ1) is 17.6. The van der Waals surface area contributed by atoms with E-state index >= 15 is 0 Å². The van der Waals surface area contributed by atoms with Gasteiger partial charge in [0.1, 0.15) is 0 Å². The number of carbonyl (C=O) groups excluding carboxylic acids is 1. The van der Waals surface area contributed by atoms with Crippen molar-refractivity contribution in [2.45, 2.75) is 32.1 Å². The molecule has 0 aromatic heterocycles. The lowest BCUT2D eigenvalue weighted by molar-refractivity contribution is -0.152. The third kappa shape index (κ3) is 3.32. The first-order chi connectivity index (χ1) is 11.9. The third-order valence-corrected chi connectivity index (χ3v) is 5.19. The van der Waals surface area contributed by atoms with Gasteiger partial charge in [-0.3, -0.25) is 9.59 Å². The van der Waals surface area contributed by atoms with Gasteiger partial charge in [-0.1, -0.05) is 12.8 Å². The lowest BCUT2D eigenvalue weighted by Crippen LogP contribution is -2.50. The molecule has 0 radical (unpaired) electrons. The summed E-state index contributed by atoms with van der Waals surface area (Å²) in [6, 6.07) is 2.38. The van der Waals surface area contributed by atoms with E-state index in [-0.39, 0.29) is 12.3 Å². The van der Waals surface area contributed by atoms with Crippen LogP contribution in [0.4, 0.5) is 8.78 Å². The van der Waals surface area contributed by atoms with Gasteiger partial charge in [-0.2, -0.15) is 4.39 Å². The maximum absolute atomic E-state index is 14.2. The fourth-order valence-corrected chi connectivity index (χ4v) is 3.63. The molecule has 5 nitrogen and oxygen atoms in total. The molecular weight excluding hydrogens is 332 g/mol. The van der Waals surface area contributed by atoms with Crippen LogP contribution in [0.5, 0.6) is 5.75 Å². The van der Waals surface area contributed by atoms with E-state index in [0.717, 1.165) is 12.8 Å². The van der Waals surface area contributed by atoms with Crippen LogP contribution in [-0.4, -0.2) is 42.1 Å². The minimum atomic E-state index is -1.27. The van der Waals surface area contributed by atoms with Crippen molar-refractivity contribution in [3.8, 4) is 5.75 Å². The van der Waals surface area contributed by atoms with Gasteiger partial charge in [-0.15, -0.1) is 0 Å². The number of carboxylic acids is 1. The molecule has 0 spiro atoms. The normalized spacial score (nSPS) is 23.4. The third-order valence-electron chi connectivity index (χ3n) is 5.19. The minimum Gasteiger partial charge on any atom is -0.494 e. The zero-order chi connectivity index (χ0) is 18.2. The van der Waals surface area contributed by atoms with Gasteiger partial charge >= 0.3 is 5.97 Å².